The number of rotatable bonds is 7. The Morgan fingerprint density at radius 3 is 2.57 bits per heavy atom. The van der Waals surface area contributed by atoms with Crippen molar-refractivity contribution in [2.75, 3.05) is 0 Å². The predicted molar refractivity (Wildman–Crippen MR) is 143 cm³/mol. The molecule has 5 aromatic rings. The number of hydrogen-bond donors (Lipinski definition) is 1. The number of amides is 1. The van der Waals surface area contributed by atoms with Gasteiger partial charge in [0.2, 0.25) is 0 Å². The summed E-state index contributed by atoms with van der Waals surface area (Å²) in [6.07, 6.45) is 5.40. The van der Waals surface area contributed by atoms with Crippen molar-refractivity contribution >= 4 is 38.8 Å². The summed E-state index contributed by atoms with van der Waals surface area (Å²) in [4.78, 5) is 12.9. The first-order valence-electron chi connectivity index (χ1n) is 11.1. The average molecular weight is 524 g/mol. The fourth-order valence-corrected chi connectivity index (χ4v) is 4.31. The highest BCUT2D eigenvalue weighted by Gasteiger charge is 2.11. The third kappa shape index (κ3) is 5.18. The van der Waals surface area contributed by atoms with Crippen LogP contribution in [-0.2, 0) is 6.61 Å². The molecule has 0 aliphatic carbocycles. The van der Waals surface area contributed by atoms with Gasteiger partial charge in [-0.15, -0.1) is 0 Å². The van der Waals surface area contributed by atoms with E-state index in [4.69, 9.17) is 4.74 Å². The number of carbonyl (C=O) groups is 1. The molecule has 0 unspecified atom stereocenters. The summed E-state index contributed by atoms with van der Waals surface area (Å²) in [5, 5.41) is 6.55. The summed E-state index contributed by atoms with van der Waals surface area (Å²) in [7, 11) is 0. The van der Waals surface area contributed by atoms with E-state index in [0.29, 0.717) is 17.9 Å². The largest absolute Gasteiger partial charge is 0.488 e. The van der Waals surface area contributed by atoms with Crippen LogP contribution in [-0.4, -0.2) is 16.7 Å². The van der Waals surface area contributed by atoms with Gasteiger partial charge in [-0.05, 0) is 58.8 Å². The summed E-state index contributed by atoms with van der Waals surface area (Å²) in [5.41, 5.74) is 5.80. The van der Waals surface area contributed by atoms with Gasteiger partial charge in [0, 0.05) is 22.4 Å². The van der Waals surface area contributed by atoms with Crippen LogP contribution in [0.5, 0.6) is 5.75 Å². The number of ether oxygens (including phenoxy) is 1. The van der Waals surface area contributed by atoms with E-state index in [-0.39, 0.29) is 5.91 Å². The number of aromatic nitrogens is 1. The molecule has 1 aromatic heterocycles. The van der Waals surface area contributed by atoms with Gasteiger partial charge in [-0.25, -0.2) is 5.43 Å². The second-order valence-electron chi connectivity index (χ2n) is 7.92. The molecule has 5 rings (SSSR count). The topological polar surface area (TPSA) is 55.6 Å². The minimum atomic E-state index is -0.293. The molecule has 0 aliphatic heterocycles. The Labute approximate surface area is 211 Å². The van der Waals surface area contributed by atoms with Crippen LogP contribution in [0.1, 0.15) is 21.5 Å². The number of nitrogens with zero attached hydrogens (tertiary/aromatic N) is 2. The lowest BCUT2D eigenvalue weighted by molar-refractivity contribution is 0.0955. The van der Waals surface area contributed by atoms with Crippen molar-refractivity contribution in [1.82, 2.24) is 9.99 Å². The highest BCUT2D eigenvalue weighted by Crippen LogP contribution is 2.25. The summed E-state index contributed by atoms with van der Waals surface area (Å²) in [6.45, 7) is 0.417. The maximum absolute atomic E-state index is 12.9. The summed E-state index contributed by atoms with van der Waals surface area (Å²) >= 11 is 3.51. The van der Waals surface area contributed by atoms with E-state index in [1.54, 1.807) is 12.3 Å². The van der Waals surface area contributed by atoms with Crippen LogP contribution in [0.15, 0.2) is 119 Å². The molecule has 0 saturated heterocycles. The van der Waals surface area contributed by atoms with E-state index in [9.17, 15) is 4.79 Å². The van der Waals surface area contributed by atoms with Crippen molar-refractivity contribution in [3.8, 4) is 11.4 Å². The van der Waals surface area contributed by atoms with Gasteiger partial charge in [0.1, 0.15) is 12.4 Å². The number of halogens is 1. The number of hydrazone groups is 1. The Morgan fingerprint density at radius 2 is 1.69 bits per heavy atom. The number of para-hydroxylation sites is 1. The Bertz CT molecular complexity index is 1500. The molecule has 0 saturated carbocycles. The first kappa shape index (κ1) is 22.6. The molecule has 172 valence electrons. The quantitative estimate of drug-likeness (QED) is 0.190. The minimum Gasteiger partial charge on any atom is -0.488 e. The first-order chi connectivity index (χ1) is 17.2. The Morgan fingerprint density at radius 1 is 0.914 bits per heavy atom. The molecule has 0 spiro atoms. The number of fused-ring (bicyclic) bond motifs is 1. The van der Waals surface area contributed by atoms with Gasteiger partial charge < -0.3 is 9.30 Å². The summed E-state index contributed by atoms with van der Waals surface area (Å²) in [5.74, 6) is 0.380. The van der Waals surface area contributed by atoms with Crippen molar-refractivity contribution in [3.63, 3.8) is 0 Å². The Kier molecular flexibility index (Phi) is 6.73. The van der Waals surface area contributed by atoms with Crippen molar-refractivity contribution < 1.29 is 9.53 Å². The van der Waals surface area contributed by atoms with Crippen LogP contribution in [0, 0.1) is 0 Å². The zero-order valence-electron chi connectivity index (χ0n) is 18.8. The van der Waals surface area contributed by atoms with Crippen LogP contribution in [0.25, 0.3) is 16.5 Å². The maximum atomic E-state index is 12.9. The molecule has 5 nitrogen and oxygen atoms in total. The smallest absolute Gasteiger partial charge is 0.273 e. The number of hydrogen-bond acceptors (Lipinski definition) is 3. The third-order valence-electron chi connectivity index (χ3n) is 5.64. The fourth-order valence-electron chi connectivity index (χ4n) is 3.93. The molecule has 4 aromatic carbocycles. The molecular weight excluding hydrogens is 502 g/mol. The lowest BCUT2D eigenvalue weighted by atomic mass is 10.1. The van der Waals surface area contributed by atoms with Gasteiger partial charge in [-0.3, -0.25) is 4.79 Å². The van der Waals surface area contributed by atoms with Crippen molar-refractivity contribution in [2.45, 2.75) is 6.61 Å². The van der Waals surface area contributed by atoms with E-state index in [0.717, 1.165) is 26.7 Å². The predicted octanol–water partition coefficient (Wildman–Crippen LogP) is 6.74. The molecule has 0 atom stereocenters. The highest BCUT2D eigenvalue weighted by atomic mass is 79.9. The van der Waals surface area contributed by atoms with Crippen LogP contribution in [0.2, 0.25) is 0 Å². The second-order valence-corrected chi connectivity index (χ2v) is 8.83. The van der Waals surface area contributed by atoms with Crippen LogP contribution >= 0.6 is 15.9 Å². The van der Waals surface area contributed by atoms with E-state index in [2.05, 4.69) is 50.7 Å². The van der Waals surface area contributed by atoms with Crippen LogP contribution in [0.4, 0.5) is 0 Å². The Balaban J connectivity index is 1.33. The molecule has 1 N–H and O–H groups in total. The van der Waals surface area contributed by atoms with Gasteiger partial charge in [-0.1, -0.05) is 70.5 Å². The van der Waals surface area contributed by atoms with Gasteiger partial charge in [-0.2, -0.15) is 5.10 Å². The van der Waals surface area contributed by atoms with E-state index in [1.807, 2.05) is 83.7 Å². The zero-order chi connectivity index (χ0) is 24.0. The average Bonchev–Trinajstić information content (AvgIpc) is 3.43. The molecule has 1 heterocycles. The molecular formula is C29H22BrN3O2. The zero-order valence-corrected chi connectivity index (χ0v) is 20.4. The number of carbonyl (C=O) groups excluding carboxylic acids is 1. The lowest BCUT2D eigenvalue weighted by Crippen LogP contribution is -2.19. The van der Waals surface area contributed by atoms with Gasteiger partial charge in [0.05, 0.1) is 17.5 Å². The molecule has 35 heavy (non-hydrogen) atoms. The highest BCUT2D eigenvalue weighted by molar-refractivity contribution is 9.10. The Hall–Kier alpha value is -4.16. The van der Waals surface area contributed by atoms with Crippen molar-refractivity contribution in [3.05, 3.63) is 131 Å². The van der Waals surface area contributed by atoms with Crippen LogP contribution in [0.3, 0.4) is 0 Å². The van der Waals surface area contributed by atoms with Crippen molar-refractivity contribution in [1.29, 1.82) is 0 Å². The third-order valence-corrected chi connectivity index (χ3v) is 6.13. The van der Waals surface area contributed by atoms with Crippen LogP contribution < -0.4 is 10.2 Å². The second kappa shape index (κ2) is 10.4. The number of nitrogens with one attached hydrogen (secondary N) is 1. The van der Waals surface area contributed by atoms with E-state index >= 15 is 0 Å². The molecule has 0 fully saturated rings. The number of benzene rings is 4. The molecule has 1 amide bonds. The summed E-state index contributed by atoms with van der Waals surface area (Å²) in [6, 6.07) is 31.4. The minimum absolute atomic E-state index is 0.293. The molecule has 0 radical (unpaired) electrons. The fraction of sp³-hybridized carbons (Fsp3) is 0.0345. The van der Waals surface area contributed by atoms with Crippen molar-refractivity contribution in [2.24, 2.45) is 5.10 Å². The van der Waals surface area contributed by atoms with Gasteiger partial charge in [0.25, 0.3) is 5.91 Å². The monoisotopic (exact) mass is 523 g/mol. The van der Waals surface area contributed by atoms with Gasteiger partial charge >= 0.3 is 0 Å². The first-order valence-corrected chi connectivity index (χ1v) is 11.9. The molecule has 6 heteroatoms. The maximum Gasteiger partial charge on any atom is 0.273 e. The standard InChI is InChI=1S/C29H22BrN3O2/c30-24-14-15-28(35-20-22-10-7-9-21-8-1-2-11-25(21)22)23(18-24)19-31-32-29(34)26-12-3-4-13-27(26)33-16-5-6-17-33/h1-19H,20H2,(H,32,34)/b31-19-. The lowest BCUT2D eigenvalue weighted by Gasteiger charge is -2.12. The SMILES string of the molecule is O=C(N/N=C\c1cc(Br)ccc1OCc1cccc2ccccc12)c1ccccc1-n1cccc1. The molecule has 0 aliphatic rings. The molecule has 0 bridgehead atoms. The van der Waals surface area contributed by atoms with Gasteiger partial charge in [0.15, 0.2) is 0 Å². The van der Waals surface area contributed by atoms with E-state index < -0.39 is 0 Å². The summed E-state index contributed by atoms with van der Waals surface area (Å²) < 4.78 is 8.95. The normalized spacial score (nSPS) is 11.1. The van der Waals surface area contributed by atoms with E-state index in [1.165, 1.54) is 5.39 Å².